The molecule has 0 radical (unpaired) electrons. The molecule has 1 heterocycles. The van der Waals surface area contributed by atoms with E-state index in [0.29, 0.717) is 17.0 Å². The zero-order valence-electron chi connectivity index (χ0n) is 10.2. The average molecular weight is 260 g/mol. The van der Waals surface area contributed by atoms with Crippen molar-refractivity contribution in [3.05, 3.63) is 64.4 Å². The standard InChI is InChI=1S/C15H14ClNO/c1-2-11-3-8-14(17-10-11)9-15(18)12-4-6-13(16)7-5-12/h3-8,10H,2,9H2,1H3. The minimum absolute atomic E-state index is 0.0587. The van der Waals surface area contributed by atoms with Crippen LogP contribution >= 0.6 is 11.6 Å². The van der Waals surface area contributed by atoms with Crippen molar-refractivity contribution in [2.75, 3.05) is 0 Å². The van der Waals surface area contributed by atoms with Crippen LogP contribution in [0.4, 0.5) is 0 Å². The van der Waals surface area contributed by atoms with Crippen molar-refractivity contribution >= 4 is 17.4 Å². The SMILES string of the molecule is CCc1ccc(CC(=O)c2ccc(Cl)cc2)nc1. The van der Waals surface area contributed by atoms with E-state index in [9.17, 15) is 4.79 Å². The maximum absolute atomic E-state index is 12.0. The molecule has 0 amide bonds. The fraction of sp³-hybridized carbons (Fsp3) is 0.200. The zero-order valence-corrected chi connectivity index (χ0v) is 10.9. The number of aryl methyl sites for hydroxylation is 1. The second kappa shape index (κ2) is 5.78. The van der Waals surface area contributed by atoms with Crippen LogP contribution in [0, 0.1) is 0 Å². The molecule has 3 heteroatoms. The van der Waals surface area contributed by atoms with Crippen LogP contribution in [-0.4, -0.2) is 10.8 Å². The molecule has 2 aromatic rings. The predicted molar refractivity (Wildman–Crippen MR) is 73.1 cm³/mol. The van der Waals surface area contributed by atoms with Crippen molar-refractivity contribution < 1.29 is 4.79 Å². The van der Waals surface area contributed by atoms with Gasteiger partial charge in [0.15, 0.2) is 5.78 Å². The number of carbonyl (C=O) groups is 1. The van der Waals surface area contributed by atoms with Gasteiger partial charge < -0.3 is 0 Å². The summed E-state index contributed by atoms with van der Waals surface area (Å²) < 4.78 is 0. The number of hydrogen-bond donors (Lipinski definition) is 0. The number of carbonyl (C=O) groups excluding carboxylic acids is 1. The van der Waals surface area contributed by atoms with Crippen molar-refractivity contribution in [1.29, 1.82) is 0 Å². The Kier molecular flexibility index (Phi) is 4.11. The number of benzene rings is 1. The van der Waals surface area contributed by atoms with Gasteiger partial charge >= 0.3 is 0 Å². The first-order chi connectivity index (χ1) is 8.69. The molecule has 1 aromatic carbocycles. The van der Waals surface area contributed by atoms with Gasteiger partial charge in [-0.15, -0.1) is 0 Å². The fourth-order valence-corrected chi connectivity index (χ4v) is 1.80. The van der Waals surface area contributed by atoms with Crippen molar-refractivity contribution in [2.45, 2.75) is 19.8 Å². The van der Waals surface area contributed by atoms with E-state index in [1.165, 1.54) is 5.56 Å². The lowest BCUT2D eigenvalue weighted by Crippen LogP contribution is -2.05. The van der Waals surface area contributed by atoms with Gasteiger partial charge in [0, 0.05) is 22.5 Å². The number of nitrogens with zero attached hydrogens (tertiary/aromatic N) is 1. The zero-order chi connectivity index (χ0) is 13.0. The number of rotatable bonds is 4. The molecule has 0 saturated carbocycles. The topological polar surface area (TPSA) is 30.0 Å². The fourth-order valence-electron chi connectivity index (χ4n) is 1.67. The summed E-state index contributed by atoms with van der Waals surface area (Å²) in [5.41, 5.74) is 2.64. The third-order valence-corrected chi connectivity index (χ3v) is 3.05. The first-order valence-corrected chi connectivity index (χ1v) is 6.29. The normalized spacial score (nSPS) is 10.3. The Morgan fingerprint density at radius 2 is 1.89 bits per heavy atom. The van der Waals surface area contributed by atoms with Crippen LogP contribution in [-0.2, 0) is 12.8 Å². The highest BCUT2D eigenvalue weighted by Crippen LogP contribution is 2.12. The van der Waals surface area contributed by atoms with Gasteiger partial charge in [-0.3, -0.25) is 9.78 Å². The van der Waals surface area contributed by atoms with E-state index in [0.717, 1.165) is 12.1 Å². The number of Topliss-reactive ketones (excluding diaryl/α,β-unsaturated/α-hetero) is 1. The molecule has 0 aliphatic carbocycles. The molecule has 0 aliphatic rings. The second-order valence-corrected chi connectivity index (χ2v) is 4.55. The van der Waals surface area contributed by atoms with Gasteiger partial charge in [0.2, 0.25) is 0 Å². The van der Waals surface area contributed by atoms with E-state index in [-0.39, 0.29) is 5.78 Å². The molecule has 1 aromatic heterocycles. The first kappa shape index (κ1) is 12.8. The van der Waals surface area contributed by atoms with Gasteiger partial charge in [-0.05, 0) is 42.3 Å². The minimum Gasteiger partial charge on any atom is -0.294 e. The van der Waals surface area contributed by atoms with Crippen LogP contribution in [0.3, 0.4) is 0 Å². The van der Waals surface area contributed by atoms with Crippen molar-refractivity contribution in [1.82, 2.24) is 4.98 Å². The van der Waals surface area contributed by atoms with E-state index < -0.39 is 0 Å². The number of halogens is 1. The van der Waals surface area contributed by atoms with Gasteiger partial charge in [0.25, 0.3) is 0 Å². The number of hydrogen-bond acceptors (Lipinski definition) is 2. The first-order valence-electron chi connectivity index (χ1n) is 5.91. The third-order valence-electron chi connectivity index (χ3n) is 2.80. The lowest BCUT2D eigenvalue weighted by molar-refractivity contribution is 0.0992. The van der Waals surface area contributed by atoms with Crippen molar-refractivity contribution in [3.8, 4) is 0 Å². The van der Waals surface area contributed by atoms with E-state index in [4.69, 9.17) is 11.6 Å². The molecular weight excluding hydrogens is 246 g/mol. The molecule has 0 saturated heterocycles. The summed E-state index contributed by atoms with van der Waals surface area (Å²) in [6.07, 6.45) is 3.11. The molecule has 0 aliphatic heterocycles. The highest BCUT2D eigenvalue weighted by atomic mass is 35.5. The van der Waals surface area contributed by atoms with E-state index in [1.54, 1.807) is 24.3 Å². The highest BCUT2D eigenvalue weighted by Gasteiger charge is 2.07. The Hall–Kier alpha value is -1.67. The molecule has 0 spiro atoms. The molecule has 2 rings (SSSR count). The molecule has 0 unspecified atom stereocenters. The molecule has 0 fully saturated rings. The second-order valence-electron chi connectivity index (χ2n) is 4.12. The third kappa shape index (κ3) is 3.17. The van der Waals surface area contributed by atoms with E-state index >= 15 is 0 Å². The number of ketones is 1. The van der Waals surface area contributed by atoms with Gasteiger partial charge in [-0.25, -0.2) is 0 Å². The molecular formula is C15H14ClNO. The summed E-state index contributed by atoms with van der Waals surface area (Å²) in [4.78, 5) is 16.3. The summed E-state index contributed by atoms with van der Waals surface area (Å²) in [5, 5.41) is 0.636. The molecule has 92 valence electrons. The Morgan fingerprint density at radius 3 is 2.44 bits per heavy atom. The van der Waals surface area contributed by atoms with E-state index in [2.05, 4.69) is 11.9 Å². The largest absolute Gasteiger partial charge is 0.294 e. The Bertz CT molecular complexity index is 531. The molecule has 0 atom stereocenters. The van der Waals surface area contributed by atoms with Gasteiger partial charge in [-0.2, -0.15) is 0 Å². The molecule has 2 nitrogen and oxygen atoms in total. The Morgan fingerprint density at radius 1 is 1.17 bits per heavy atom. The van der Waals surface area contributed by atoms with Crippen LogP contribution in [0.15, 0.2) is 42.6 Å². The molecule has 0 bridgehead atoms. The van der Waals surface area contributed by atoms with Crippen molar-refractivity contribution in [2.24, 2.45) is 0 Å². The number of aromatic nitrogens is 1. The summed E-state index contributed by atoms with van der Waals surface area (Å²) >= 11 is 5.79. The minimum atomic E-state index is 0.0587. The Balaban J connectivity index is 2.08. The van der Waals surface area contributed by atoms with Crippen LogP contribution in [0.1, 0.15) is 28.5 Å². The summed E-state index contributed by atoms with van der Waals surface area (Å²) in [7, 11) is 0. The van der Waals surface area contributed by atoms with Gasteiger partial charge in [0.05, 0.1) is 6.42 Å². The van der Waals surface area contributed by atoms with Crippen LogP contribution in [0.2, 0.25) is 5.02 Å². The maximum Gasteiger partial charge on any atom is 0.168 e. The molecule has 0 N–H and O–H groups in total. The van der Waals surface area contributed by atoms with Gasteiger partial charge in [0.1, 0.15) is 0 Å². The highest BCUT2D eigenvalue weighted by molar-refractivity contribution is 6.30. The predicted octanol–water partition coefficient (Wildman–Crippen LogP) is 3.72. The average Bonchev–Trinajstić information content (AvgIpc) is 2.40. The molecule has 18 heavy (non-hydrogen) atoms. The smallest absolute Gasteiger partial charge is 0.168 e. The lowest BCUT2D eigenvalue weighted by atomic mass is 10.1. The monoisotopic (exact) mass is 259 g/mol. The summed E-state index contributed by atoms with van der Waals surface area (Å²) in [6, 6.07) is 10.9. The summed E-state index contributed by atoms with van der Waals surface area (Å²) in [6.45, 7) is 2.08. The van der Waals surface area contributed by atoms with E-state index in [1.807, 2.05) is 18.3 Å². The van der Waals surface area contributed by atoms with Crippen LogP contribution in [0.5, 0.6) is 0 Å². The van der Waals surface area contributed by atoms with Crippen LogP contribution in [0.25, 0.3) is 0 Å². The summed E-state index contributed by atoms with van der Waals surface area (Å²) in [5.74, 6) is 0.0587. The Labute approximate surface area is 112 Å². The van der Waals surface area contributed by atoms with Gasteiger partial charge in [-0.1, -0.05) is 24.6 Å². The van der Waals surface area contributed by atoms with Crippen molar-refractivity contribution in [3.63, 3.8) is 0 Å². The quantitative estimate of drug-likeness (QED) is 0.784. The van der Waals surface area contributed by atoms with Crippen LogP contribution < -0.4 is 0 Å². The number of pyridine rings is 1. The lowest BCUT2D eigenvalue weighted by Gasteiger charge is -2.02. The maximum atomic E-state index is 12.0.